The highest BCUT2D eigenvalue weighted by Gasteiger charge is 2.63. The van der Waals surface area contributed by atoms with Crippen molar-refractivity contribution in [2.45, 2.75) is 76.5 Å². The van der Waals surface area contributed by atoms with Gasteiger partial charge in [-0.1, -0.05) is 51.6 Å². The van der Waals surface area contributed by atoms with Gasteiger partial charge in [0.05, 0.1) is 11.6 Å². The molecule has 4 rings (SSSR count). The highest BCUT2D eigenvalue weighted by Crippen LogP contribution is 2.51. The van der Waals surface area contributed by atoms with Gasteiger partial charge in [-0.2, -0.15) is 0 Å². The number of piperazine rings is 1. The Kier molecular flexibility index (Phi) is 6.74. The molecule has 1 aliphatic carbocycles. The molecule has 1 aromatic carbocycles. The first-order valence-corrected chi connectivity index (χ1v) is 13.0. The van der Waals surface area contributed by atoms with Crippen molar-refractivity contribution in [3.05, 3.63) is 34.2 Å². The van der Waals surface area contributed by atoms with Crippen molar-refractivity contribution >= 4 is 44.9 Å². The Morgan fingerprint density at radius 2 is 1.88 bits per heavy atom. The largest absolute Gasteiger partial charge is 0.465 e. The molecule has 2 atom stereocenters. The summed E-state index contributed by atoms with van der Waals surface area (Å²) in [7, 11) is 0. The van der Waals surface area contributed by atoms with Crippen LogP contribution in [0.2, 0.25) is 5.02 Å². The normalized spacial score (nSPS) is 26.1. The third-order valence-electron chi connectivity index (χ3n) is 7.34. The highest BCUT2D eigenvalue weighted by molar-refractivity contribution is 7.17. The second-order valence-electron chi connectivity index (χ2n) is 10.8. The molecule has 6 nitrogen and oxygen atoms in total. The highest BCUT2D eigenvalue weighted by atomic mass is 35.5. The Balaban J connectivity index is 2.01. The topological polar surface area (TPSA) is 81.1 Å². The standard InChI is InChI=1S/C25H32ClFN2O4S/c1-23(2,3)21-25(28(22(31)32)11-12-29(21)27,20(30)14-24(33)9-5-4-6-10-24)18-15-34-19-8-7-16(26)13-17(18)19/h7-8,13,15,21,33H,4-6,9-12,14H2,1-3H3,(H,31,32). The maximum Gasteiger partial charge on any atom is 0.408 e. The molecule has 2 N–H and O–H groups in total. The van der Waals surface area contributed by atoms with E-state index < -0.39 is 34.5 Å². The summed E-state index contributed by atoms with van der Waals surface area (Å²) in [5.74, 6) is -0.471. The molecule has 2 fully saturated rings. The van der Waals surface area contributed by atoms with E-state index in [1.807, 2.05) is 26.8 Å². The van der Waals surface area contributed by atoms with Crippen LogP contribution in [-0.2, 0) is 10.3 Å². The molecule has 0 bridgehead atoms. The summed E-state index contributed by atoms with van der Waals surface area (Å²) in [5.41, 5.74) is -3.44. The van der Waals surface area contributed by atoms with E-state index in [4.69, 9.17) is 11.6 Å². The first-order valence-electron chi connectivity index (χ1n) is 11.8. The summed E-state index contributed by atoms with van der Waals surface area (Å²) in [6.45, 7) is 5.13. The average molecular weight is 511 g/mol. The fourth-order valence-electron chi connectivity index (χ4n) is 6.01. The van der Waals surface area contributed by atoms with E-state index in [0.717, 1.165) is 28.9 Å². The van der Waals surface area contributed by atoms with Crippen LogP contribution >= 0.6 is 22.9 Å². The minimum Gasteiger partial charge on any atom is -0.465 e. The number of carbonyl (C=O) groups excluding carboxylic acids is 1. The third-order valence-corrected chi connectivity index (χ3v) is 8.53. The van der Waals surface area contributed by atoms with E-state index in [1.165, 1.54) is 11.3 Å². The monoisotopic (exact) mass is 510 g/mol. The molecule has 2 aromatic rings. The number of aliphatic hydroxyl groups is 1. The Morgan fingerprint density at radius 1 is 1.21 bits per heavy atom. The number of nitrogens with zero attached hydrogens (tertiary/aromatic N) is 2. The maximum absolute atomic E-state index is 15.8. The number of carboxylic acid groups (broad SMARTS) is 1. The van der Waals surface area contributed by atoms with Crippen molar-refractivity contribution in [3.8, 4) is 0 Å². The van der Waals surface area contributed by atoms with Crippen LogP contribution in [0.15, 0.2) is 23.6 Å². The molecule has 1 saturated heterocycles. The van der Waals surface area contributed by atoms with E-state index in [0.29, 0.717) is 33.9 Å². The predicted octanol–water partition coefficient (Wildman–Crippen LogP) is 6.00. The van der Waals surface area contributed by atoms with Gasteiger partial charge < -0.3 is 10.2 Å². The fourth-order valence-corrected chi connectivity index (χ4v) is 7.17. The molecule has 1 saturated carbocycles. The number of thiophene rings is 1. The number of carbonyl (C=O) groups is 2. The van der Waals surface area contributed by atoms with Gasteiger partial charge in [0.1, 0.15) is 5.54 Å². The summed E-state index contributed by atoms with van der Waals surface area (Å²) >= 11 is 7.68. The summed E-state index contributed by atoms with van der Waals surface area (Å²) < 4.78 is 16.6. The summed E-state index contributed by atoms with van der Waals surface area (Å²) in [5, 5.41) is 25.1. The molecule has 186 valence electrons. The maximum atomic E-state index is 15.8. The zero-order chi connectivity index (χ0) is 24.9. The quantitative estimate of drug-likeness (QED) is 0.493. The first-order chi connectivity index (χ1) is 15.9. The lowest BCUT2D eigenvalue weighted by Gasteiger charge is -2.56. The lowest BCUT2D eigenvalue weighted by Crippen LogP contribution is -2.72. The second kappa shape index (κ2) is 9.04. The van der Waals surface area contributed by atoms with Crippen LogP contribution in [0.5, 0.6) is 0 Å². The minimum absolute atomic E-state index is 0.142. The van der Waals surface area contributed by atoms with Gasteiger partial charge in [0.25, 0.3) is 0 Å². The number of Topliss-reactive ketones (excluding diaryl/α,β-unsaturated/α-hetero) is 1. The molecule has 2 aliphatic rings. The SMILES string of the molecule is CC(C)(C)C1N(F)CCN(C(=O)O)C1(C(=O)CC1(O)CCCCC1)c1csc2ccc(Cl)cc12. The van der Waals surface area contributed by atoms with Crippen molar-refractivity contribution in [1.82, 2.24) is 10.0 Å². The number of fused-ring (bicyclic) bond motifs is 1. The van der Waals surface area contributed by atoms with Gasteiger partial charge in [-0.05, 0) is 47.2 Å². The van der Waals surface area contributed by atoms with Crippen molar-refractivity contribution in [2.24, 2.45) is 5.41 Å². The van der Waals surface area contributed by atoms with Crippen molar-refractivity contribution in [2.75, 3.05) is 13.1 Å². The van der Waals surface area contributed by atoms with Crippen LogP contribution in [0.1, 0.15) is 64.9 Å². The average Bonchev–Trinajstić information content (AvgIpc) is 3.15. The number of ketones is 1. The molecule has 9 heteroatoms. The van der Waals surface area contributed by atoms with E-state index in [9.17, 15) is 19.8 Å². The summed E-state index contributed by atoms with van der Waals surface area (Å²) in [6, 6.07) is 4.18. The van der Waals surface area contributed by atoms with E-state index in [1.54, 1.807) is 17.5 Å². The second-order valence-corrected chi connectivity index (χ2v) is 12.1. The van der Waals surface area contributed by atoms with Crippen molar-refractivity contribution in [1.29, 1.82) is 0 Å². The van der Waals surface area contributed by atoms with Crippen LogP contribution in [-0.4, -0.2) is 56.8 Å². The van der Waals surface area contributed by atoms with Crippen LogP contribution in [0.25, 0.3) is 10.1 Å². The summed E-state index contributed by atoms with van der Waals surface area (Å²) in [6.07, 6.45) is 2.01. The first kappa shape index (κ1) is 25.4. The van der Waals surface area contributed by atoms with Crippen molar-refractivity contribution in [3.63, 3.8) is 0 Å². The fraction of sp³-hybridized carbons (Fsp3) is 0.600. The zero-order valence-electron chi connectivity index (χ0n) is 19.8. The lowest BCUT2D eigenvalue weighted by atomic mass is 9.64. The minimum atomic E-state index is -1.84. The number of halogens is 2. The molecule has 0 radical (unpaired) electrons. The molecular weight excluding hydrogens is 479 g/mol. The van der Waals surface area contributed by atoms with Gasteiger partial charge in [-0.15, -0.1) is 20.9 Å². The van der Waals surface area contributed by atoms with Gasteiger partial charge in [0.15, 0.2) is 5.78 Å². The Bertz CT molecular complexity index is 1090. The van der Waals surface area contributed by atoms with E-state index >= 15 is 4.48 Å². The van der Waals surface area contributed by atoms with Crippen LogP contribution in [0.3, 0.4) is 0 Å². The number of hydrogen-bond acceptors (Lipinski definition) is 5. The molecular formula is C25H32ClFN2O4S. The summed E-state index contributed by atoms with van der Waals surface area (Å²) in [4.78, 5) is 28.2. The van der Waals surface area contributed by atoms with Crippen LogP contribution < -0.4 is 0 Å². The molecule has 1 aliphatic heterocycles. The number of amides is 1. The lowest BCUT2D eigenvalue weighted by molar-refractivity contribution is -0.182. The van der Waals surface area contributed by atoms with Crippen LogP contribution in [0, 0.1) is 5.41 Å². The van der Waals surface area contributed by atoms with E-state index in [-0.39, 0.29) is 19.5 Å². The zero-order valence-corrected chi connectivity index (χ0v) is 21.4. The van der Waals surface area contributed by atoms with Crippen LogP contribution in [0.4, 0.5) is 9.28 Å². The van der Waals surface area contributed by atoms with Gasteiger partial charge in [-0.3, -0.25) is 9.69 Å². The number of rotatable bonds is 4. The third kappa shape index (κ3) is 4.23. The van der Waals surface area contributed by atoms with Gasteiger partial charge in [-0.25, -0.2) is 4.79 Å². The smallest absolute Gasteiger partial charge is 0.408 e. The van der Waals surface area contributed by atoms with Gasteiger partial charge in [0, 0.05) is 34.8 Å². The Hall–Kier alpha value is -1.74. The molecule has 1 aromatic heterocycles. The molecule has 2 heterocycles. The number of hydrogen-bond donors (Lipinski definition) is 2. The Labute approximate surface area is 208 Å². The molecule has 0 spiro atoms. The molecule has 1 amide bonds. The molecule has 34 heavy (non-hydrogen) atoms. The molecule has 2 unspecified atom stereocenters. The number of benzene rings is 1. The van der Waals surface area contributed by atoms with E-state index in [2.05, 4.69) is 0 Å². The Morgan fingerprint density at radius 3 is 2.50 bits per heavy atom. The van der Waals surface area contributed by atoms with Gasteiger partial charge in [0.2, 0.25) is 0 Å². The predicted molar refractivity (Wildman–Crippen MR) is 132 cm³/mol. The van der Waals surface area contributed by atoms with Gasteiger partial charge >= 0.3 is 6.09 Å². The van der Waals surface area contributed by atoms with Crippen molar-refractivity contribution < 1.29 is 24.3 Å².